The first kappa shape index (κ1) is 20.1. The maximum Gasteiger partial charge on any atom is 0.336 e. The number of carbonyl (C=O) groups is 1. The molecule has 2 aromatic heterocycles. The second-order valence-corrected chi connectivity index (χ2v) is 7.72. The van der Waals surface area contributed by atoms with Crippen LogP contribution in [0.5, 0.6) is 0 Å². The number of aromatic nitrogens is 2. The van der Waals surface area contributed by atoms with Gasteiger partial charge in [0.1, 0.15) is 11.2 Å². The van der Waals surface area contributed by atoms with E-state index in [2.05, 4.69) is 6.92 Å². The van der Waals surface area contributed by atoms with Gasteiger partial charge in [-0.15, -0.1) is 11.3 Å². The molecule has 0 fully saturated rings. The third-order valence-electron chi connectivity index (χ3n) is 4.86. The minimum Gasteiger partial charge on any atom is -0.341 e. The Bertz CT molecular complexity index is 1090. The molecule has 0 saturated heterocycles. The average molecular weight is 400 g/mol. The van der Waals surface area contributed by atoms with Gasteiger partial charge < -0.3 is 4.90 Å². The maximum absolute atomic E-state index is 13.2. The van der Waals surface area contributed by atoms with Crippen molar-refractivity contribution >= 4 is 27.5 Å². The molecule has 0 aliphatic heterocycles. The summed E-state index contributed by atoms with van der Waals surface area (Å²) in [6.07, 6.45) is 1.92. The molecule has 0 bridgehead atoms. The van der Waals surface area contributed by atoms with E-state index in [0.29, 0.717) is 29.0 Å². The molecule has 1 amide bonds. The van der Waals surface area contributed by atoms with Crippen molar-refractivity contribution < 1.29 is 4.79 Å². The lowest BCUT2D eigenvalue weighted by atomic mass is 10.2. The Kier molecular flexibility index (Phi) is 6.14. The van der Waals surface area contributed by atoms with Gasteiger partial charge in [0.25, 0.3) is 5.56 Å². The summed E-state index contributed by atoms with van der Waals surface area (Å²) >= 11 is 1.29. The number of hydrogen-bond donors (Lipinski definition) is 0. The molecule has 0 radical (unpaired) electrons. The first-order valence-electron chi connectivity index (χ1n) is 9.55. The Morgan fingerprint density at radius 1 is 1.11 bits per heavy atom. The lowest BCUT2D eigenvalue weighted by molar-refractivity contribution is -0.131. The largest absolute Gasteiger partial charge is 0.341 e. The predicted octanol–water partition coefficient (Wildman–Crippen LogP) is 3.17. The van der Waals surface area contributed by atoms with Crippen molar-refractivity contribution in [1.29, 1.82) is 0 Å². The smallest absolute Gasteiger partial charge is 0.336 e. The SMILES string of the molecule is CCCCN(CC)C(=O)Cn1c(=O)n(-c2ccc(C)cc2)c(=O)c2sccc21. The monoisotopic (exact) mass is 399 g/mol. The third kappa shape index (κ3) is 3.80. The van der Waals surface area contributed by atoms with Gasteiger partial charge in [0.05, 0.1) is 11.2 Å². The molecule has 148 valence electrons. The molecule has 0 saturated carbocycles. The van der Waals surface area contributed by atoms with E-state index in [1.54, 1.807) is 28.5 Å². The van der Waals surface area contributed by atoms with Crippen LogP contribution in [0.3, 0.4) is 0 Å². The van der Waals surface area contributed by atoms with Crippen molar-refractivity contribution in [2.45, 2.75) is 40.2 Å². The molecule has 1 aromatic carbocycles. The van der Waals surface area contributed by atoms with Crippen molar-refractivity contribution in [3.8, 4) is 5.69 Å². The number of rotatable bonds is 7. The molecule has 0 aliphatic rings. The van der Waals surface area contributed by atoms with Crippen molar-refractivity contribution in [3.05, 3.63) is 62.1 Å². The van der Waals surface area contributed by atoms with E-state index in [1.807, 2.05) is 26.0 Å². The van der Waals surface area contributed by atoms with Gasteiger partial charge in [-0.2, -0.15) is 0 Å². The van der Waals surface area contributed by atoms with Crippen LogP contribution < -0.4 is 11.2 Å². The predicted molar refractivity (Wildman–Crippen MR) is 114 cm³/mol. The fraction of sp³-hybridized carbons (Fsp3) is 0.381. The molecule has 28 heavy (non-hydrogen) atoms. The molecule has 0 spiro atoms. The second kappa shape index (κ2) is 8.56. The average Bonchev–Trinajstić information content (AvgIpc) is 3.17. The highest BCUT2D eigenvalue weighted by atomic mass is 32.1. The van der Waals surface area contributed by atoms with Crippen molar-refractivity contribution in [2.75, 3.05) is 13.1 Å². The summed E-state index contributed by atoms with van der Waals surface area (Å²) in [5.74, 6) is -0.111. The normalized spacial score (nSPS) is 11.1. The van der Waals surface area contributed by atoms with Gasteiger partial charge >= 0.3 is 5.69 Å². The fourth-order valence-corrected chi connectivity index (χ4v) is 4.03. The number of aryl methyl sites for hydroxylation is 1. The Labute approximate surface area is 167 Å². The summed E-state index contributed by atoms with van der Waals surface area (Å²) in [6.45, 7) is 7.15. The lowest BCUT2D eigenvalue weighted by Crippen LogP contribution is -2.42. The van der Waals surface area contributed by atoms with E-state index in [0.717, 1.165) is 23.0 Å². The number of fused-ring (bicyclic) bond motifs is 1. The molecule has 3 aromatic rings. The number of amides is 1. The van der Waals surface area contributed by atoms with Crippen LogP contribution in [0.1, 0.15) is 32.3 Å². The van der Waals surface area contributed by atoms with Crippen molar-refractivity contribution in [1.82, 2.24) is 14.0 Å². The zero-order valence-corrected chi connectivity index (χ0v) is 17.3. The minimum absolute atomic E-state index is 0.0736. The zero-order chi connectivity index (χ0) is 20.3. The van der Waals surface area contributed by atoms with E-state index in [4.69, 9.17) is 0 Å². The first-order chi connectivity index (χ1) is 13.5. The number of unbranched alkanes of at least 4 members (excludes halogenated alkanes) is 1. The van der Waals surface area contributed by atoms with E-state index >= 15 is 0 Å². The van der Waals surface area contributed by atoms with Crippen LogP contribution in [0, 0.1) is 6.92 Å². The number of thiophene rings is 1. The van der Waals surface area contributed by atoms with Gasteiger partial charge in [0, 0.05) is 13.1 Å². The molecule has 0 unspecified atom stereocenters. The number of carbonyl (C=O) groups excluding carboxylic acids is 1. The molecule has 0 N–H and O–H groups in total. The van der Waals surface area contributed by atoms with Crippen LogP contribution >= 0.6 is 11.3 Å². The van der Waals surface area contributed by atoms with Crippen LogP contribution in [-0.4, -0.2) is 33.0 Å². The topological polar surface area (TPSA) is 64.3 Å². The minimum atomic E-state index is -0.486. The summed E-state index contributed by atoms with van der Waals surface area (Å²) in [7, 11) is 0. The van der Waals surface area contributed by atoms with Gasteiger partial charge in [-0.25, -0.2) is 9.36 Å². The zero-order valence-electron chi connectivity index (χ0n) is 16.5. The number of nitrogens with zero attached hydrogens (tertiary/aromatic N) is 3. The molecule has 6 nitrogen and oxygen atoms in total. The summed E-state index contributed by atoms with van der Waals surface area (Å²) < 4.78 is 3.06. The van der Waals surface area contributed by atoms with Crippen molar-refractivity contribution in [2.24, 2.45) is 0 Å². The van der Waals surface area contributed by atoms with Crippen LogP contribution in [0.2, 0.25) is 0 Å². The number of hydrogen-bond acceptors (Lipinski definition) is 4. The second-order valence-electron chi connectivity index (χ2n) is 6.81. The first-order valence-corrected chi connectivity index (χ1v) is 10.4. The molecule has 3 rings (SSSR count). The van der Waals surface area contributed by atoms with E-state index in [1.165, 1.54) is 15.9 Å². The maximum atomic E-state index is 13.2. The summed E-state index contributed by atoms with van der Waals surface area (Å²) in [5, 5.41) is 1.78. The van der Waals surface area contributed by atoms with E-state index < -0.39 is 5.69 Å². The van der Waals surface area contributed by atoms with Gasteiger partial charge in [0.15, 0.2) is 0 Å². The lowest BCUT2D eigenvalue weighted by Gasteiger charge is -2.21. The van der Waals surface area contributed by atoms with Gasteiger partial charge in [0.2, 0.25) is 5.91 Å². The quantitative estimate of drug-likeness (QED) is 0.613. The molecule has 2 heterocycles. The number of benzene rings is 1. The molecular formula is C21H25N3O3S. The third-order valence-corrected chi connectivity index (χ3v) is 5.75. The van der Waals surface area contributed by atoms with Gasteiger partial charge in [-0.1, -0.05) is 31.0 Å². The highest BCUT2D eigenvalue weighted by Crippen LogP contribution is 2.17. The van der Waals surface area contributed by atoms with Crippen LogP contribution in [0.4, 0.5) is 0 Å². The summed E-state index contributed by atoms with van der Waals surface area (Å²) in [5.41, 5.74) is 1.23. The standard InChI is InChI=1S/C21H25N3O3S/c1-4-6-12-22(5-2)18(25)14-23-17-11-13-28-19(17)20(26)24(21(23)27)16-9-7-15(3)8-10-16/h7-11,13H,4-6,12,14H2,1-3H3. The Hall–Kier alpha value is -2.67. The van der Waals surface area contributed by atoms with Crippen molar-refractivity contribution in [3.63, 3.8) is 0 Å². The number of likely N-dealkylation sites (N-methyl/N-ethyl adjacent to an activating group) is 1. The van der Waals surface area contributed by atoms with E-state index in [-0.39, 0.29) is 18.0 Å². The Balaban J connectivity index is 2.11. The van der Waals surface area contributed by atoms with Crippen LogP contribution in [0.15, 0.2) is 45.3 Å². The van der Waals surface area contributed by atoms with E-state index in [9.17, 15) is 14.4 Å². The van der Waals surface area contributed by atoms with Crippen LogP contribution in [0.25, 0.3) is 15.9 Å². The van der Waals surface area contributed by atoms with Gasteiger partial charge in [-0.3, -0.25) is 14.2 Å². The summed E-state index contributed by atoms with van der Waals surface area (Å²) in [6, 6.07) is 8.96. The Morgan fingerprint density at radius 3 is 2.46 bits per heavy atom. The fourth-order valence-electron chi connectivity index (χ4n) is 3.20. The Morgan fingerprint density at radius 2 is 1.82 bits per heavy atom. The highest BCUT2D eigenvalue weighted by Gasteiger charge is 2.19. The molecule has 7 heteroatoms. The van der Waals surface area contributed by atoms with Crippen LogP contribution in [-0.2, 0) is 11.3 Å². The molecule has 0 aliphatic carbocycles. The highest BCUT2D eigenvalue weighted by molar-refractivity contribution is 7.17. The van der Waals surface area contributed by atoms with Gasteiger partial charge in [-0.05, 0) is 43.8 Å². The molecular weight excluding hydrogens is 374 g/mol. The molecule has 0 atom stereocenters. The summed E-state index contributed by atoms with van der Waals surface area (Å²) in [4.78, 5) is 40.7.